The standard InChI is InChI=1S/C11H19N3S/c1-8-7-15-11(12-8)13-10-6-14-4-2-9(10)3-5-14/h8-10H,2-7H2,1H3,(H,12,13). The maximum Gasteiger partial charge on any atom is 0.157 e. The van der Waals surface area contributed by atoms with Gasteiger partial charge in [-0.05, 0) is 38.8 Å². The molecule has 4 heteroatoms. The van der Waals surface area contributed by atoms with Crippen molar-refractivity contribution < 1.29 is 0 Å². The highest BCUT2D eigenvalue weighted by Crippen LogP contribution is 2.30. The fourth-order valence-electron chi connectivity index (χ4n) is 2.80. The molecule has 4 aliphatic heterocycles. The Balaban J connectivity index is 1.68. The van der Waals surface area contributed by atoms with Gasteiger partial charge in [-0.3, -0.25) is 4.99 Å². The number of hydrogen-bond acceptors (Lipinski definition) is 3. The molecule has 4 saturated heterocycles. The first-order chi connectivity index (χ1) is 7.31. The fourth-order valence-corrected chi connectivity index (χ4v) is 3.79. The third-order valence-corrected chi connectivity index (χ3v) is 4.91. The molecule has 2 atom stereocenters. The van der Waals surface area contributed by atoms with Crippen molar-refractivity contribution in [2.45, 2.75) is 31.8 Å². The Morgan fingerprint density at radius 1 is 1.40 bits per heavy atom. The number of hydrogen-bond donors (Lipinski definition) is 1. The average Bonchev–Trinajstić information content (AvgIpc) is 2.66. The van der Waals surface area contributed by atoms with Gasteiger partial charge in [-0.2, -0.15) is 0 Å². The summed E-state index contributed by atoms with van der Waals surface area (Å²) in [5, 5.41) is 4.65. The maximum atomic E-state index is 4.89. The molecule has 0 amide bonds. The molecule has 0 spiro atoms. The summed E-state index contributed by atoms with van der Waals surface area (Å²) in [7, 11) is 0. The topological polar surface area (TPSA) is 27.6 Å². The van der Waals surface area contributed by atoms with Gasteiger partial charge in [-0.1, -0.05) is 11.8 Å². The van der Waals surface area contributed by atoms with Crippen molar-refractivity contribution in [3.05, 3.63) is 0 Å². The van der Waals surface area contributed by atoms with Gasteiger partial charge in [-0.25, -0.2) is 0 Å². The van der Waals surface area contributed by atoms with E-state index in [1.165, 1.54) is 43.4 Å². The Labute approximate surface area is 95.7 Å². The molecule has 3 nitrogen and oxygen atoms in total. The summed E-state index contributed by atoms with van der Waals surface area (Å²) >= 11 is 1.89. The third-order valence-electron chi connectivity index (χ3n) is 3.74. The normalized spacial score (nSPS) is 47.1. The zero-order chi connectivity index (χ0) is 10.3. The highest BCUT2D eigenvalue weighted by molar-refractivity contribution is 8.14. The molecule has 15 heavy (non-hydrogen) atoms. The van der Waals surface area contributed by atoms with Gasteiger partial charge in [0.1, 0.15) is 0 Å². The van der Waals surface area contributed by atoms with Gasteiger partial charge in [0.2, 0.25) is 0 Å². The van der Waals surface area contributed by atoms with E-state index in [1.54, 1.807) is 0 Å². The van der Waals surface area contributed by atoms with Gasteiger partial charge in [0.05, 0.1) is 6.04 Å². The van der Waals surface area contributed by atoms with Crippen molar-refractivity contribution in [1.82, 2.24) is 10.2 Å². The third kappa shape index (κ3) is 2.02. The summed E-state index contributed by atoms with van der Waals surface area (Å²) in [6, 6.07) is 1.18. The van der Waals surface area contributed by atoms with E-state index in [4.69, 9.17) is 4.99 Å². The van der Waals surface area contributed by atoms with Crippen LogP contribution in [0.15, 0.2) is 4.99 Å². The lowest BCUT2D eigenvalue weighted by Gasteiger charge is -2.43. The van der Waals surface area contributed by atoms with Gasteiger partial charge in [0.25, 0.3) is 0 Å². The van der Waals surface area contributed by atoms with Crippen LogP contribution in [-0.2, 0) is 0 Å². The van der Waals surface area contributed by atoms with E-state index in [-0.39, 0.29) is 0 Å². The predicted molar refractivity (Wildman–Crippen MR) is 65.4 cm³/mol. The van der Waals surface area contributed by atoms with E-state index < -0.39 is 0 Å². The van der Waals surface area contributed by atoms with Crippen LogP contribution in [0.2, 0.25) is 0 Å². The van der Waals surface area contributed by atoms with Crippen LogP contribution >= 0.6 is 11.8 Å². The highest BCUT2D eigenvalue weighted by atomic mass is 32.2. The van der Waals surface area contributed by atoms with Crippen molar-refractivity contribution in [2.75, 3.05) is 25.4 Å². The molecule has 2 unspecified atom stereocenters. The molecule has 0 aromatic rings. The number of aliphatic imine (C=N–C) groups is 1. The molecule has 0 aromatic heterocycles. The summed E-state index contributed by atoms with van der Waals surface area (Å²) in [5.41, 5.74) is 0. The van der Waals surface area contributed by atoms with Gasteiger partial charge < -0.3 is 10.2 Å². The average molecular weight is 225 g/mol. The van der Waals surface area contributed by atoms with Crippen LogP contribution in [0.5, 0.6) is 0 Å². The Morgan fingerprint density at radius 3 is 2.73 bits per heavy atom. The first kappa shape index (κ1) is 9.97. The zero-order valence-corrected chi connectivity index (χ0v) is 10.1. The Kier molecular flexibility index (Phi) is 2.64. The summed E-state index contributed by atoms with van der Waals surface area (Å²) in [6.45, 7) is 6.04. The SMILES string of the molecule is CC1CSC(=NC2CN3CCC2CC3)N1. The van der Waals surface area contributed by atoms with Gasteiger partial charge in [-0.15, -0.1) is 0 Å². The van der Waals surface area contributed by atoms with Crippen LogP contribution < -0.4 is 5.32 Å². The van der Waals surface area contributed by atoms with E-state index in [9.17, 15) is 0 Å². The van der Waals surface area contributed by atoms with E-state index in [2.05, 4.69) is 17.1 Å². The van der Waals surface area contributed by atoms with Crippen molar-refractivity contribution in [3.8, 4) is 0 Å². The molecule has 0 aliphatic carbocycles. The number of piperidine rings is 3. The quantitative estimate of drug-likeness (QED) is 0.726. The summed E-state index contributed by atoms with van der Waals surface area (Å²) in [5.74, 6) is 2.04. The first-order valence-electron chi connectivity index (χ1n) is 6.01. The molecular formula is C11H19N3S. The summed E-state index contributed by atoms with van der Waals surface area (Å²) < 4.78 is 0. The van der Waals surface area contributed by atoms with Crippen LogP contribution in [0.4, 0.5) is 0 Å². The molecule has 0 saturated carbocycles. The summed E-state index contributed by atoms with van der Waals surface area (Å²) in [6.07, 6.45) is 2.73. The monoisotopic (exact) mass is 225 g/mol. The smallest absolute Gasteiger partial charge is 0.157 e. The van der Waals surface area contributed by atoms with Gasteiger partial charge in [0.15, 0.2) is 5.17 Å². The van der Waals surface area contributed by atoms with Crippen molar-refractivity contribution in [1.29, 1.82) is 0 Å². The molecule has 4 heterocycles. The van der Waals surface area contributed by atoms with Crippen LogP contribution in [-0.4, -0.2) is 47.5 Å². The van der Waals surface area contributed by atoms with Crippen LogP contribution in [0.1, 0.15) is 19.8 Å². The number of thioether (sulfide) groups is 1. The van der Waals surface area contributed by atoms with Crippen molar-refractivity contribution in [2.24, 2.45) is 10.9 Å². The van der Waals surface area contributed by atoms with Crippen LogP contribution in [0.25, 0.3) is 0 Å². The van der Waals surface area contributed by atoms with E-state index in [1.807, 2.05) is 11.8 Å². The second kappa shape index (κ2) is 3.98. The number of rotatable bonds is 1. The fraction of sp³-hybridized carbons (Fsp3) is 0.909. The minimum Gasteiger partial charge on any atom is -0.362 e. The lowest BCUT2D eigenvalue weighted by atomic mass is 9.84. The molecule has 2 bridgehead atoms. The summed E-state index contributed by atoms with van der Waals surface area (Å²) in [4.78, 5) is 7.46. The number of amidine groups is 1. The maximum absolute atomic E-state index is 4.89. The largest absolute Gasteiger partial charge is 0.362 e. The molecule has 4 aliphatic rings. The number of nitrogens with one attached hydrogen (secondary N) is 1. The molecular weight excluding hydrogens is 206 g/mol. The Hall–Kier alpha value is -0.220. The van der Waals surface area contributed by atoms with E-state index >= 15 is 0 Å². The number of fused-ring (bicyclic) bond motifs is 3. The minimum absolute atomic E-state index is 0.577. The highest BCUT2D eigenvalue weighted by Gasteiger charge is 2.34. The predicted octanol–water partition coefficient (Wildman–Crippen LogP) is 1.16. The Morgan fingerprint density at radius 2 is 2.20 bits per heavy atom. The van der Waals surface area contributed by atoms with Crippen molar-refractivity contribution >= 4 is 16.9 Å². The van der Waals surface area contributed by atoms with Gasteiger partial charge in [0, 0.05) is 18.3 Å². The molecule has 4 rings (SSSR count). The van der Waals surface area contributed by atoms with Crippen LogP contribution in [0, 0.1) is 5.92 Å². The van der Waals surface area contributed by atoms with E-state index in [0.29, 0.717) is 12.1 Å². The zero-order valence-electron chi connectivity index (χ0n) is 9.28. The minimum atomic E-state index is 0.577. The van der Waals surface area contributed by atoms with E-state index in [0.717, 1.165) is 5.92 Å². The number of nitrogens with zero attached hydrogens (tertiary/aromatic N) is 2. The molecule has 0 radical (unpaired) electrons. The molecule has 0 aromatic carbocycles. The lowest BCUT2D eigenvalue weighted by molar-refractivity contribution is 0.0906. The van der Waals surface area contributed by atoms with Crippen molar-refractivity contribution in [3.63, 3.8) is 0 Å². The molecule has 1 N–H and O–H groups in total. The van der Waals surface area contributed by atoms with Crippen LogP contribution in [0.3, 0.4) is 0 Å². The second-order valence-corrected chi connectivity index (χ2v) is 6.00. The van der Waals surface area contributed by atoms with Gasteiger partial charge >= 0.3 is 0 Å². The lowest BCUT2D eigenvalue weighted by Crippen LogP contribution is -2.50. The Bertz CT molecular complexity index is 271. The second-order valence-electron chi connectivity index (χ2n) is 5.00. The molecule has 4 fully saturated rings. The molecule has 84 valence electrons. The first-order valence-corrected chi connectivity index (χ1v) is 6.99.